The topological polar surface area (TPSA) is 148 Å². The van der Waals surface area contributed by atoms with Gasteiger partial charge in [-0.25, -0.2) is 14.8 Å². The minimum atomic E-state index is -0.650. The number of amidine groups is 1. The molecule has 2 aliphatic rings. The number of esters is 1. The highest BCUT2D eigenvalue weighted by atomic mass is 35.5. The van der Waals surface area contributed by atoms with Crippen molar-refractivity contribution in [3.63, 3.8) is 0 Å². The fourth-order valence-electron chi connectivity index (χ4n) is 6.33. The molecule has 7 rings (SSSR count). The van der Waals surface area contributed by atoms with Crippen LogP contribution in [0, 0.1) is 0 Å². The summed E-state index contributed by atoms with van der Waals surface area (Å²) in [5.41, 5.74) is 5.49. The van der Waals surface area contributed by atoms with Crippen LogP contribution in [-0.2, 0) is 20.9 Å². The lowest BCUT2D eigenvalue weighted by molar-refractivity contribution is -0.142. The number of pyridine rings is 2. The van der Waals surface area contributed by atoms with E-state index in [4.69, 9.17) is 37.7 Å². The molecule has 2 aromatic carbocycles. The number of benzene rings is 2. The zero-order chi connectivity index (χ0) is 35.6. The highest BCUT2D eigenvalue weighted by Gasteiger charge is 2.28. The number of halogens is 2. The zero-order valence-electron chi connectivity index (χ0n) is 27.7. The van der Waals surface area contributed by atoms with Crippen LogP contribution in [0.15, 0.2) is 82.8 Å². The Balaban J connectivity index is 1.14. The van der Waals surface area contributed by atoms with E-state index >= 15 is 0 Å². The van der Waals surface area contributed by atoms with Gasteiger partial charge in [0.15, 0.2) is 0 Å². The van der Waals surface area contributed by atoms with Crippen LogP contribution in [0.4, 0.5) is 0 Å². The highest BCUT2D eigenvalue weighted by molar-refractivity contribution is 6.39. The first-order valence-corrected chi connectivity index (χ1v) is 17.0. The van der Waals surface area contributed by atoms with Gasteiger partial charge in [-0.15, -0.1) is 0 Å². The maximum Gasteiger partial charge on any atom is 0.330 e. The van der Waals surface area contributed by atoms with Gasteiger partial charge in [-0.3, -0.25) is 19.0 Å². The summed E-state index contributed by atoms with van der Waals surface area (Å²) in [6.07, 6.45) is 4.46. The van der Waals surface area contributed by atoms with E-state index in [1.54, 1.807) is 25.4 Å². The summed E-state index contributed by atoms with van der Waals surface area (Å²) in [7, 11) is 2.88. The maximum atomic E-state index is 13.4. The van der Waals surface area contributed by atoms with Gasteiger partial charge >= 0.3 is 5.97 Å². The molecule has 3 aromatic heterocycles. The van der Waals surface area contributed by atoms with E-state index in [0.29, 0.717) is 58.2 Å². The number of fused-ring (bicyclic) bond motifs is 1. The summed E-state index contributed by atoms with van der Waals surface area (Å²) < 4.78 is 11.8. The van der Waals surface area contributed by atoms with Gasteiger partial charge in [-0.05, 0) is 30.2 Å². The van der Waals surface area contributed by atoms with E-state index in [1.807, 2.05) is 48.5 Å². The smallest absolute Gasteiger partial charge is 0.330 e. The second kappa shape index (κ2) is 14.5. The van der Waals surface area contributed by atoms with E-state index in [1.165, 1.54) is 17.7 Å². The van der Waals surface area contributed by atoms with E-state index in [0.717, 1.165) is 34.2 Å². The average molecular weight is 727 g/mol. The van der Waals surface area contributed by atoms with Crippen molar-refractivity contribution in [1.29, 1.82) is 0 Å². The van der Waals surface area contributed by atoms with Crippen LogP contribution >= 0.6 is 23.2 Å². The van der Waals surface area contributed by atoms with Crippen LogP contribution in [0.5, 0.6) is 5.88 Å². The predicted octanol–water partition coefficient (Wildman–Crippen LogP) is 4.67. The lowest BCUT2D eigenvalue weighted by atomic mass is 9.97. The van der Waals surface area contributed by atoms with Gasteiger partial charge in [0.05, 0.1) is 36.5 Å². The first-order chi connectivity index (χ1) is 24.7. The third-order valence-corrected chi connectivity index (χ3v) is 9.81. The number of nitrogens with one attached hydrogen (secondary N) is 3. The van der Waals surface area contributed by atoms with Gasteiger partial charge in [0.2, 0.25) is 11.8 Å². The average Bonchev–Trinajstić information content (AvgIpc) is 3.81. The normalized spacial score (nSPS) is 16.9. The SMILES string of the molecule is COC(=O)[C@@H]1CN=C(c2cnc3cc(-c4cccc(-c5cccc(-c6ccc(CNC[C@@H]7CCC(=O)N7)c(OC)n6)c5Cl)c4Cl)ccn3c2=O)N1. The Morgan fingerprint density at radius 3 is 2.43 bits per heavy atom. The Morgan fingerprint density at radius 1 is 0.961 bits per heavy atom. The molecule has 2 aliphatic heterocycles. The number of carbonyl (C=O) groups excluding carboxylic acids is 2. The molecule has 5 heterocycles. The highest BCUT2D eigenvalue weighted by Crippen LogP contribution is 2.42. The van der Waals surface area contributed by atoms with Crippen molar-refractivity contribution in [1.82, 2.24) is 30.3 Å². The minimum Gasteiger partial charge on any atom is -0.481 e. The molecule has 0 radical (unpaired) electrons. The minimum absolute atomic E-state index is 0.0861. The Kier molecular flexibility index (Phi) is 9.72. The molecule has 1 amide bonds. The number of nitrogens with zero attached hydrogens (tertiary/aromatic N) is 4. The molecule has 14 heteroatoms. The number of aromatic nitrogens is 3. The number of carbonyl (C=O) groups is 2. The quantitative estimate of drug-likeness (QED) is 0.175. The lowest BCUT2D eigenvalue weighted by Gasteiger charge is -2.16. The molecule has 0 bridgehead atoms. The number of hydrogen-bond acceptors (Lipinski definition) is 10. The standard InChI is InChI=1S/C37H33Cl2N7O5/c1-50-35-21(16-40-17-22-10-12-31(47)43-22)9-11-28(45-35)26-8-4-7-25(33(26)39)24-6-3-5-23(32(24)38)20-13-14-46-30(15-20)41-18-27(36(46)48)34-42-19-29(44-34)37(49)51-2/h3-9,11,13-15,18,22,29,40H,10,12,16-17,19H2,1-2H3,(H,42,44)(H,43,47)/t22-,29-/m0/s1. The third kappa shape index (κ3) is 6.77. The first kappa shape index (κ1) is 34.2. The first-order valence-electron chi connectivity index (χ1n) is 16.3. The third-order valence-electron chi connectivity index (χ3n) is 8.99. The molecule has 2 atom stereocenters. The fraction of sp³-hybridized carbons (Fsp3) is 0.243. The molecule has 3 N–H and O–H groups in total. The van der Waals surface area contributed by atoms with Crippen molar-refractivity contribution in [3.05, 3.63) is 105 Å². The van der Waals surface area contributed by atoms with Gasteiger partial charge in [0.1, 0.15) is 23.1 Å². The fourth-order valence-corrected chi connectivity index (χ4v) is 6.99. The van der Waals surface area contributed by atoms with E-state index in [9.17, 15) is 14.4 Å². The second-order valence-electron chi connectivity index (χ2n) is 12.2. The van der Waals surface area contributed by atoms with Crippen molar-refractivity contribution in [3.8, 4) is 39.4 Å². The van der Waals surface area contributed by atoms with Crippen molar-refractivity contribution in [2.75, 3.05) is 27.3 Å². The van der Waals surface area contributed by atoms with Crippen LogP contribution < -0.4 is 26.2 Å². The molecule has 0 saturated carbocycles. The van der Waals surface area contributed by atoms with Gasteiger partial charge in [0.25, 0.3) is 5.56 Å². The van der Waals surface area contributed by atoms with Crippen molar-refractivity contribution in [2.24, 2.45) is 4.99 Å². The number of aliphatic imine (C=N–C) groups is 1. The molecule has 0 aliphatic carbocycles. The van der Waals surface area contributed by atoms with E-state index in [2.05, 4.69) is 25.9 Å². The predicted molar refractivity (Wildman–Crippen MR) is 195 cm³/mol. The summed E-state index contributed by atoms with van der Waals surface area (Å²) in [5.74, 6) is 0.404. The van der Waals surface area contributed by atoms with Gasteiger partial charge < -0.3 is 25.4 Å². The Bertz CT molecular complexity index is 2270. The van der Waals surface area contributed by atoms with E-state index in [-0.39, 0.29) is 29.6 Å². The summed E-state index contributed by atoms with van der Waals surface area (Å²) in [6, 6.07) is 18.3. The second-order valence-corrected chi connectivity index (χ2v) is 12.9. The monoisotopic (exact) mass is 725 g/mol. The molecular weight excluding hydrogens is 693 g/mol. The summed E-state index contributed by atoms with van der Waals surface area (Å²) in [4.78, 5) is 50.4. The maximum absolute atomic E-state index is 13.4. The molecular formula is C37H33Cl2N7O5. The van der Waals surface area contributed by atoms with Gasteiger partial charge in [0, 0.05) is 65.8 Å². The largest absolute Gasteiger partial charge is 0.481 e. The van der Waals surface area contributed by atoms with Crippen molar-refractivity contribution in [2.45, 2.75) is 31.5 Å². The molecule has 260 valence electrons. The molecule has 12 nitrogen and oxygen atoms in total. The Hall–Kier alpha value is -5.30. The van der Waals surface area contributed by atoms with Crippen LogP contribution in [0.2, 0.25) is 10.0 Å². The van der Waals surface area contributed by atoms with Crippen LogP contribution in [-0.4, -0.2) is 71.5 Å². The number of rotatable bonds is 10. The van der Waals surface area contributed by atoms with Crippen LogP contribution in [0.1, 0.15) is 24.0 Å². The summed E-state index contributed by atoms with van der Waals surface area (Å²) >= 11 is 14.2. The summed E-state index contributed by atoms with van der Waals surface area (Å²) in [6.45, 7) is 1.36. The molecule has 0 spiro atoms. The number of methoxy groups -OCH3 is 2. The number of hydrogen-bond donors (Lipinski definition) is 3. The van der Waals surface area contributed by atoms with Crippen molar-refractivity contribution < 1.29 is 19.1 Å². The number of ether oxygens (including phenoxy) is 2. The molecule has 0 unspecified atom stereocenters. The lowest BCUT2D eigenvalue weighted by Crippen LogP contribution is -2.40. The van der Waals surface area contributed by atoms with Crippen molar-refractivity contribution >= 4 is 46.6 Å². The van der Waals surface area contributed by atoms with Crippen LogP contribution in [0.25, 0.3) is 39.2 Å². The Morgan fingerprint density at radius 2 is 1.71 bits per heavy atom. The van der Waals surface area contributed by atoms with E-state index < -0.39 is 12.0 Å². The molecule has 1 saturated heterocycles. The Labute approximate surface area is 302 Å². The zero-order valence-corrected chi connectivity index (χ0v) is 29.2. The van der Waals surface area contributed by atoms with Gasteiger partial charge in [-0.2, -0.15) is 0 Å². The van der Waals surface area contributed by atoms with Crippen LogP contribution in [0.3, 0.4) is 0 Å². The summed E-state index contributed by atoms with van der Waals surface area (Å²) in [5, 5.41) is 10.2. The molecule has 1 fully saturated rings. The molecule has 51 heavy (non-hydrogen) atoms. The molecule has 5 aromatic rings. The number of amides is 1. The van der Waals surface area contributed by atoms with Gasteiger partial charge in [-0.1, -0.05) is 65.7 Å².